The number of aliphatic hydroxyl groups is 1. The van der Waals surface area contributed by atoms with Gasteiger partial charge in [-0.2, -0.15) is 0 Å². The Hall–Kier alpha value is -0.980. The third-order valence-corrected chi connectivity index (χ3v) is 2.27. The van der Waals surface area contributed by atoms with Crippen LogP contribution in [-0.4, -0.2) is 46.5 Å². The zero-order valence-corrected chi connectivity index (χ0v) is 11.0. The molecule has 0 amide bonds. The molecule has 1 heterocycles. The van der Waals surface area contributed by atoms with Crippen LogP contribution in [-0.2, 0) is 16.8 Å². The lowest BCUT2D eigenvalue weighted by Gasteiger charge is -2.17. The van der Waals surface area contributed by atoms with Crippen LogP contribution in [0.3, 0.4) is 0 Å². The van der Waals surface area contributed by atoms with Crippen LogP contribution >= 0.6 is 0 Å². The normalized spacial score (nSPS) is 13.9. The van der Waals surface area contributed by atoms with Crippen LogP contribution in [0.1, 0.15) is 26.5 Å². The van der Waals surface area contributed by atoms with Crippen molar-refractivity contribution in [1.29, 1.82) is 0 Å². The second kappa shape index (κ2) is 6.09. The average Bonchev–Trinajstić information content (AvgIpc) is 2.66. The summed E-state index contributed by atoms with van der Waals surface area (Å²) >= 11 is 0. The van der Waals surface area contributed by atoms with E-state index in [1.165, 1.54) is 0 Å². The van der Waals surface area contributed by atoms with E-state index in [2.05, 4.69) is 36.4 Å². The van der Waals surface area contributed by atoms with Gasteiger partial charge in [0.05, 0.1) is 30.1 Å². The first-order chi connectivity index (χ1) is 7.93. The van der Waals surface area contributed by atoms with Crippen LogP contribution in [0.25, 0.3) is 0 Å². The lowest BCUT2D eigenvalue weighted by atomic mass is 10.1. The minimum absolute atomic E-state index is 0.0547. The van der Waals surface area contributed by atoms with Gasteiger partial charge in [-0.15, -0.1) is 5.10 Å². The molecule has 1 rings (SSSR count). The van der Waals surface area contributed by atoms with Crippen LogP contribution in [0.5, 0.6) is 0 Å². The molecule has 2 N–H and O–H groups in total. The summed E-state index contributed by atoms with van der Waals surface area (Å²) in [5, 5.41) is 20.7. The maximum absolute atomic E-state index is 9.43. The summed E-state index contributed by atoms with van der Waals surface area (Å²) in [5.41, 5.74) is 0.811. The van der Waals surface area contributed by atoms with Gasteiger partial charge >= 0.3 is 0 Å². The third-order valence-electron chi connectivity index (χ3n) is 2.27. The number of nitrogens with zero attached hydrogens (tertiary/aromatic N) is 3. The highest BCUT2D eigenvalue weighted by atomic mass is 16.5. The van der Waals surface area contributed by atoms with Gasteiger partial charge in [0.15, 0.2) is 0 Å². The second-order valence-electron chi connectivity index (χ2n) is 5.07. The Bertz CT molecular complexity index is 332. The first-order valence-corrected chi connectivity index (χ1v) is 5.73. The van der Waals surface area contributed by atoms with Crippen molar-refractivity contribution in [3.05, 3.63) is 11.9 Å². The minimum atomic E-state index is -0.488. The highest BCUT2D eigenvalue weighted by Crippen LogP contribution is 2.11. The Kier molecular flexibility index (Phi) is 5.04. The zero-order chi connectivity index (χ0) is 12.9. The van der Waals surface area contributed by atoms with Gasteiger partial charge in [0.25, 0.3) is 0 Å². The monoisotopic (exact) mass is 242 g/mol. The molecule has 1 aromatic rings. The van der Waals surface area contributed by atoms with E-state index in [0.29, 0.717) is 19.7 Å². The Morgan fingerprint density at radius 2 is 2.24 bits per heavy atom. The number of rotatable bonds is 6. The number of aromatic nitrogens is 3. The van der Waals surface area contributed by atoms with E-state index in [1.807, 2.05) is 10.9 Å². The van der Waals surface area contributed by atoms with Crippen LogP contribution in [0.15, 0.2) is 6.20 Å². The first-order valence-electron chi connectivity index (χ1n) is 5.73. The van der Waals surface area contributed by atoms with E-state index in [4.69, 9.17) is 4.74 Å². The smallest absolute Gasteiger partial charge is 0.0965 e. The number of hydrogen-bond donors (Lipinski definition) is 2. The standard InChI is InChI=1S/C11H22N4O2/c1-11(2,3)15-7-9(13-14-15)5-12-6-10(16)8-17-4/h7,10,12,16H,5-6,8H2,1-4H3. The van der Waals surface area contributed by atoms with Gasteiger partial charge in [0.2, 0.25) is 0 Å². The minimum Gasteiger partial charge on any atom is -0.389 e. The molecule has 98 valence electrons. The van der Waals surface area contributed by atoms with Crippen LogP contribution in [0.4, 0.5) is 0 Å². The molecule has 0 saturated heterocycles. The van der Waals surface area contributed by atoms with Gasteiger partial charge in [-0.3, -0.25) is 0 Å². The molecule has 17 heavy (non-hydrogen) atoms. The molecular weight excluding hydrogens is 220 g/mol. The summed E-state index contributed by atoms with van der Waals surface area (Å²) in [6, 6.07) is 0. The van der Waals surface area contributed by atoms with Gasteiger partial charge in [-0.25, -0.2) is 4.68 Å². The van der Waals surface area contributed by atoms with Crippen molar-refractivity contribution < 1.29 is 9.84 Å². The van der Waals surface area contributed by atoms with Gasteiger partial charge in [0, 0.05) is 20.2 Å². The molecule has 0 bridgehead atoms. The Labute approximate surface area is 102 Å². The Balaban J connectivity index is 2.35. The molecule has 0 radical (unpaired) electrons. The van der Waals surface area contributed by atoms with Crippen molar-refractivity contribution >= 4 is 0 Å². The molecule has 1 unspecified atom stereocenters. The quantitative estimate of drug-likeness (QED) is 0.742. The molecule has 0 saturated carbocycles. The summed E-state index contributed by atoms with van der Waals surface area (Å²) < 4.78 is 6.66. The van der Waals surface area contributed by atoms with E-state index >= 15 is 0 Å². The maximum atomic E-state index is 9.43. The van der Waals surface area contributed by atoms with E-state index in [0.717, 1.165) is 5.69 Å². The fraction of sp³-hybridized carbons (Fsp3) is 0.818. The third kappa shape index (κ3) is 4.80. The maximum Gasteiger partial charge on any atom is 0.0965 e. The van der Waals surface area contributed by atoms with Gasteiger partial charge in [-0.05, 0) is 20.8 Å². The first kappa shape index (κ1) is 14.1. The highest BCUT2D eigenvalue weighted by Gasteiger charge is 2.14. The van der Waals surface area contributed by atoms with Crippen molar-refractivity contribution in [2.45, 2.75) is 39.0 Å². The molecule has 0 aromatic carbocycles. The predicted molar refractivity (Wildman–Crippen MR) is 64.6 cm³/mol. The van der Waals surface area contributed by atoms with Crippen LogP contribution in [0, 0.1) is 0 Å². The van der Waals surface area contributed by atoms with Crippen molar-refractivity contribution in [1.82, 2.24) is 20.3 Å². The summed E-state index contributed by atoms with van der Waals surface area (Å²) in [4.78, 5) is 0. The largest absolute Gasteiger partial charge is 0.389 e. The summed E-state index contributed by atoms with van der Waals surface area (Å²) in [6.45, 7) is 7.62. The predicted octanol–water partition coefficient (Wildman–Crippen LogP) is 0.130. The lowest BCUT2D eigenvalue weighted by Crippen LogP contribution is -2.29. The Morgan fingerprint density at radius 1 is 1.53 bits per heavy atom. The van der Waals surface area contributed by atoms with Crippen molar-refractivity contribution in [2.75, 3.05) is 20.3 Å². The molecule has 0 aliphatic carbocycles. The van der Waals surface area contributed by atoms with Gasteiger partial charge in [-0.1, -0.05) is 5.21 Å². The molecular formula is C11H22N4O2. The molecule has 1 atom stereocenters. The number of ether oxygens (including phenoxy) is 1. The highest BCUT2D eigenvalue weighted by molar-refractivity contribution is 4.94. The number of nitrogens with one attached hydrogen (secondary N) is 1. The summed E-state index contributed by atoms with van der Waals surface area (Å²) in [6.07, 6.45) is 1.42. The van der Waals surface area contributed by atoms with E-state index < -0.39 is 6.10 Å². The number of hydrogen-bond acceptors (Lipinski definition) is 5. The van der Waals surface area contributed by atoms with E-state index in [9.17, 15) is 5.11 Å². The number of aliphatic hydroxyl groups excluding tert-OH is 1. The van der Waals surface area contributed by atoms with Crippen molar-refractivity contribution in [3.63, 3.8) is 0 Å². The van der Waals surface area contributed by atoms with E-state index in [-0.39, 0.29) is 5.54 Å². The average molecular weight is 242 g/mol. The fourth-order valence-electron chi connectivity index (χ4n) is 1.33. The van der Waals surface area contributed by atoms with Gasteiger partial charge in [0.1, 0.15) is 0 Å². The van der Waals surface area contributed by atoms with Crippen LogP contribution in [0.2, 0.25) is 0 Å². The lowest BCUT2D eigenvalue weighted by molar-refractivity contribution is 0.0643. The molecule has 0 fully saturated rings. The van der Waals surface area contributed by atoms with Crippen molar-refractivity contribution in [2.24, 2.45) is 0 Å². The number of methoxy groups -OCH3 is 1. The molecule has 0 aliphatic heterocycles. The SMILES string of the molecule is COCC(O)CNCc1cn(C(C)(C)C)nn1. The molecule has 6 heteroatoms. The molecule has 0 spiro atoms. The van der Waals surface area contributed by atoms with Crippen LogP contribution < -0.4 is 5.32 Å². The topological polar surface area (TPSA) is 72.2 Å². The molecule has 1 aromatic heterocycles. The zero-order valence-electron chi connectivity index (χ0n) is 11.0. The Morgan fingerprint density at radius 3 is 2.76 bits per heavy atom. The fourth-order valence-corrected chi connectivity index (χ4v) is 1.33. The van der Waals surface area contributed by atoms with E-state index in [1.54, 1.807) is 7.11 Å². The molecule has 6 nitrogen and oxygen atoms in total. The second-order valence-corrected chi connectivity index (χ2v) is 5.07. The molecule has 0 aliphatic rings. The summed E-state index contributed by atoms with van der Waals surface area (Å²) in [5.74, 6) is 0. The summed E-state index contributed by atoms with van der Waals surface area (Å²) in [7, 11) is 1.57. The van der Waals surface area contributed by atoms with Crippen molar-refractivity contribution in [3.8, 4) is 0 Å². The van der Waals surface area contributed by atoms with Gasteiger partial charge < -0.3 is 15.2 Å².